The summed E-state index contributed by atoms with van der Waals surface area (Å²) in [4.78, 5) is 13.6. The normalized spacial score (nSPS) is 20.9. The van der Waals surface area contributed by atoms with Crippen molar-refractivity contribution in [1.82, 2.24) is 4.90 Å². The molecule has 2 aliphatic rings. The summed E-state index contributed by atoms with van der Waals surface area (Å²) in [7, 11) is 0. The topological polar surface area (TPSA) is 52.6 Å². The van der Waals surface area contributed by atoms with Gasteiger partial charge in [0.1, 0.15) is 5.60 Å². The van der Waals surface area contributed by atoms with Crippen LogP contribution in [-0.4, -0.2) is 34.7 Å². The number of rotatable bonds is 2. The van der Waals surface area contributed by atoms with Crippen LogP contribution in [0.1, 0.15) is 12.8 Å². The number of urea groups is 1. The maximum absolute atomic E-state index is 12.0. The Bertz CT molecular complexity index is 505. The number of carbonyl (C=O) groups excluding carboxylic acids is 1. The van der Waals surface area contributed by atoms with Crippen molar-refractivity contribution >= 4 is 34.9 Å². The van der Waals surface area contributed by atoms with Crippen molar-refractivity contribution in [3.63, 3.8) is 0 Å². The molecular weight excluding hydrogens is 287 g/mol. The van der Waals surface area contributed by atoms with Gasteiger partial charge in [0.25, 0.3) is 0 Å². The fourth-order valence-corrected chi connectivity index (χ4v) is 2.99. The molecule has 1 saturated heterocycles. The number of aliphatic hydroxyl groups is 1. The Morgan fingerprint density at radius 3 is 2.37 bits per heavy atom. The van der Waals surface area contributed by atoms with Crippen molar-refractivity contribution < 1.29 is 9.90 Å². The Kier molecular flexibility index (Phi) is 3.12. The lowest BCUT2D eigenvalue weighted by Gasteiger charge is -2.46. The molecule has 0 atom stereocenters. The molecule has 0 aromatic heterocycles. The molecule has 6 heteroatoms. The molecule has 2 amide bonds. The first kappa shape index (κ1) is 13.0. The van der Waals surface area contributed by atoms with Crippen LogP contribution in [0, 0.1) is 5.92 Å². The van der Waals surface area contributed by atoms with Gasteiger partial charge in [0.2, 0.25) is 0 Å². The molecule has 2 N–H and O–H groups in total. The first-order valence-corrected chi connectivity index (χ1v) is 6.96. The van der Waals surface area contributed by atoms with E-state index in [-0.39, 0.29) is 6.03 Å². The zero-order valence-corrected chi connectivity index (χ0v) is 11.7. The number of likely N-dealkylation sites (tertiary alicyclic amines) is 1. The van der Waals surface area contributed by atoms with Crippen molar-refractivity contribution in [3.8, 4) is 0 Å². The molecular formula is C13H14Cl2N2O2. The summed E-state index contributed by atoms with van der Waals surface area (Å²) in [6, 6.07) is 4.65. The Morgan fingerprint density at radius 1 is 1.26 bits per heavy atom. The second-order valence-corrected chi connectivity index (χ2v) is 6.20. The van der Waals surface area contributed by atoms with E-state index in [0.29, 0.717) is 34.7 Å². The number of amides is 2. The predicted molar refractivity (Wildman–Crippen MR) is 74.7 cm³/mol. The molecule has 0 radical (unpaired) electrons. The van der Waals surface area contributed by atoms with Crippen LogP contribution in [0.5, 0.6) is 0 Å². The average molecular weight is 301 g/mol. The summed E-state index contributed by atoms with van der Waals surface area (Å²) < 4.78 is 0. The molecule has 19 heavy (non-hydrogen) atoms. The Hall–Kier alpha value is -0.970. The van der Waals surface area contributed by atoms with Gasteiger partial charge in [0, 0.05) is 15.7 Å². The molecule has 2 fully saturated rings. The van der Waals surface area contributed by atoms with Crippen LogP contribution >= 0.6 is 23.2 Å². The summed E-state index contributed by atoms with van der Waals surface area (Å²) in [5, 5.41) is 13.8. The van der Waals surface area contributed by atoms with E-state index in [1.807, 2.05) is 0 Å². The fourth-order valence-electron chi connectivity index (χ4n) is 2.47. The van der Waals surface area contributed by atoms with Gasteiger partial charge in [-0.1, -0.05) is 23.2 Å². The summed E-state index contributed by atoms with van der Waals surface area (Å²) in [6.07, 6.45) is 2.13. The van der Waals surface area contributed by atoms with Crippen molar-refractivity contribution in [1.29, 1.82) is 0 Å². The highest BCUT2D eigenvalue weighted by atomic mass is 35.5. The minimum Gasteiger partial charge on any atom is -0.386 e. The largest absolute Gasteiger partial charge is 0.386 e. The number of nitrogens with one attached hydrogen (secondary N) is 1. The fraction of sp³-hybridized carbons (Fsp3) is 0.462. The number of anilines is 1. The lowest BCUT2D eigenvalue weighted by Crippen LogP contribution is -2.65. The lowest BCUT2D eigenvalue weighted by atomic mass is 9.89. The maximum Gasteiger partial charge on any atom is 0.322 e. The monoisotopic (exact) mass is 300 g/mol. The van der Waals surface area contributed by atoms with E-state index in [1.165, 1.54) is 0 Å². The summed E-state index contributed by atoms with van der Waals surface area (Å²) in [5.74, 6) is 0.372. The SMILES string of the molecule is O=C(Nc1cc(Cl)cc(Cl)c1)N1CC(O)(C2CC2)C1. The second-order valence-electron chi connectivity index (χ2n) is 5.32. The highest BCUT2D eigenvalue weighted by Gasteiger charge is 2.53. The van der Waals surface area contributed by atoms with Crippen LogP contribution in [0.2, 0.25) is 10.0 Å². The molecule has 1 heterocycles. The number of nitrogens with zero attached hydrogens (tertiary/aromatic N) is 1. The van der Waals surface area contributed by atoms with Gasteiger partial charge in [-0.05, 0) is 37.0 Å². The molecule has 1 aliphatic carbocycles. The third-order valence-electron chi connectivity index (χ3n) is 3.67. The van der Waals surface area contributed by atoms with Crippen molar-refractivity contribution in [2.24, 2.45) is 5.92 Å². The average Bonchev–Trinajstić information content (AvgIpc) is 3.06. The van der Waals surface area contributed by atoms with Gasteiger partial charge >= 0.3 is 6.03 Å². The summed E-state index contributed by atoms with van der Waals surface area (Å²) in [6.45, 7) is 0.801. The van der Waals surface area contributed by atoms with E-state index in [4.69, 9.17) is 23.2 Å². The molecule has 4 nitrogen and oxygen atoms in total. The third-order valence-corrected chi connectivity index (χ3v) is 4.10. The van der Waals surface area contributed by atoms with E-state index in [2.05, 4.69) is 5.32 Å². The van der Waals surface area contributed by atoms with Gasteiger partial charge in [0.05, 0.1) is 13.1 Å². The number of β-amino-alcohol motifs (C(OH)–C–C–N with tert-alkyl or cyclic N) is 1. The molecule has 1 saturated carbocycles. The molecule has 3 rings (SSSR count). The summed E-state index contributed by atoms with van der Waals surface area (Å²) >= 11 is 11.7. The number of benzene rings is 1. The first-order valence-electron chi connectivity index (χ1n) is 6.21. The molecule has 102 valence electrons. The Morgan fingerprint density at radius 2 is 1.84 bits per heavy atom. The van der Waals surface area contributed by atoms with Gasteiger partial charge in [-0.2, -0.15) is 0 Å². The standard InChI is InChI=1S/C13H14Cl2N2O2/c14-9-3-10(15)5-11(4-9)16-12(18)17-6-13(19,7-17)8-1-2-8/h3-5,8,19H,1-2,6-7H2,(H,16,18). The third kappa shape index (κ3) is 2.66. The molecule has 0 spiro atoms. The molecule has 1 aliphatic heterocycles. The molecule has 0 unspecified atom stereocenters. The van der Waals surface area contributed by atoms with Crippen LogP contribution in [0.25, 0.3) is 0 Å². The molecule has 0 bridgehead atoms. The maximum atomic E-state index is 12.0. The van der Waals surface area contributed by atoms with E-state index in [1.54, 1.807) is 23.1 Å². The minimum atomic E-state index is -0.663. The number of hydrogen-bond donors (Lipinski definition) is 2. The highest BCUT2D eigenvalue weighted by Crippen LogP contribution is 2.44. The zero-order chi connectivity index (χ0) is 13.6. The van der Waals surface area contributed by atoms with Crippen LogP contribution < -0.4 is 5.32 Å². The van der Waals surface area contributed by atoms with Gasteiger partial charge in [-0.3, -0.25) is 0 Å². The van der Waals surface area contributed by atoms with E-state index < -0.39 is 5.60 Å². The van der Waals surface area contributed by atoms with E-state index in [0.717, 1.165) is 12.8 Å². The van der Waals surface area contributed by atoms with Gasteiger partial charge < -0.3 is 15.3 Å². The van der Waals surface area contributed by atoms with Crippen LogP contribution in [-0.2, 0) is 0 Å². The van der Waals surface area contributed by atoms with Crippen molar-refractivity contribution in [2.45, 2.75) is 18.4 Å². The van der Waals surface area contributed by atoms with E-state index >= 15 is 0 Å². The number of carbonyl (C=O) groups is 1. The van der Waals surface area contributed by atoms with Crippen molar-refractivity contribution in [3.05, 3.63) is 28.2 Å². The van der Waals surface area contributed by atoms with E-state index in [9.17, 15) is 9.90 Å². The smallest absolute Gasteiger partial charge is 0.322 e. The van der Waals surface area contributed by atoms with Crippen LogP contribution in [0.3, 0.4) is 0 Å². The highest BCUT2D eigenvalue weighted by molar-refractivity contribution is 6.35. The lowest BCUT2D eigenvalue weighted by molar-refractivity contribution is -0.0897. The zero-order valence-electron chi connectivity index (χ0n) is 10.2. The van der Waals surface area contributed by atoms with Crippen LogP contribution in [0.4, 0.5) is 10.5 Å². The quantitative estimate of drug-likeness (QED) is 0.882. The van der Waals surface area contributed by atoms with Gasteiger partial charge in [0.15, 0.2) is 0 Å². The Labute approximate surface area is 121 Å². The van der Waals surface area contributed by atoms with Crippen molar-refractivity contribution in [2.75, 3.05) is 18.4 Å². The van der Waals surface area contributed by atoms with Crippen LogP contribution in [0.15, 0.2) is 18.2 Å². The predicted octanol–water partition coefficient (Wildman–Crippen LogP) is 2.98. The first-order chi connectivity index (χ1) is 8.96. The molecule has 1 aromatic carbocycles. The second kappa shape index (κ2) is 4.54. The van der Waals surface area contributed by atoms with Gasteiger partial charge in [-0.25, -0.2) is 4.79 Å². The Balaban J connectivity index is 1.60. The molecule has 1 aromatic rings. The minimum absolute atomic E-state index is 0.233. The number of hydrogen-bond acceptors (Lipinski definition) is 2. The number of halogens is 2. The summed E-state index contributed by atoms with van der Waals surface area (Å²) in [5.41, 5.74) is -0.104. The van der Waals surface area contributed by atoms with Gasteiger partial charge in [-0.15, -0.1) is 0 Å².